The smallest absolute Gasteiger partial charge is 0.373 e. The molecule has 0 radical (unpaired) electrons. The second kappa shape index (κ2) is 9.25. The number of aryl methyl sites for hydroxylation is 2. The first-order valence-corrected chi connectivity index (χ1v) is 10.8. The van der Waals surface area contributed by atoms with Crippen molar-refractivity contribution < 1.29 is 27.6 Å². The lowest BCUT2D eigenvalue weighted by molar-refractivity contribution is -0.137. The van der Waals surface area contributed by atoms with E-state index in [-0.39, 0.29) is 23.6 Å². The maximum Gasteiger partial charge on any atom is 0.416 e. The summed E-state index contributed by atoms with van der Waals surface area (Å²) in [5, 5.41) is 5.45. The molecule has 1 saturated heterocycles. The van der Waals surface area contributed by atoms with Crippen LogP contribution in [0.3, 0.4) is 0 Å². The molecule has 35 heavy (non-hydrogen) atoms. The first-order valence-electron chi connectivity index (χ1n) is 10.8. The van der Waals surface area contributed by atoms with Gasteiger partial charge in [0.1, 0.15) is 6.04 Å². The summed E-state index contributed by atoms with van der Waals surface area (Å²) in [6.07, 6.45) is -4.58. The van der Waals surface area contributed by atoms with Crippen molar-refractivity contribution in [3.63, 3.8) is 0 Å². The molecule has 3 amide bonds. The van der Waals surface area contributed by atoms with Gasteiger partial charge in [-0.3, -0.25) is 14.4 Å². The summed E-state index contributed by atoms with van der Waals surface area (Å²) in [4.78, 5) is 39.4. The zero-order valence-electron chi connectivity index (χ0n) is 18.9. The third-order valence-electron chi connectivity index (χ3n) is 5.65. The van der Waals surface area contributed by atoms with Crippen LogP contribution >= 0.6 is 0 Å². The molecule has 3 aromatic rings. The van der Waals surface area contributed by atoms with Gasteiger partial charge in [0, 0.05) is 16.9 Å². The van der Waals surface area contributed by atoms with Gasteiger partial charge in [-0.2, -0.15) is 13.2 Å². The van der Waals surface area contributed by atoms with E-state index in [4.69, 9.17) is 0 Å². The van der Waals surface area contributed by atoms with E-state index in [1.807, 2.05) is 26.0 Å². The van der Waals surface area contributed by atoms with E-state index >= 15 is 0 Å². The zero-order valence-corrected chi connectivity index (χ0v) is 18.9. The maximum absolute atomic E-state index is 13.0. The number of hydrogen-bond donors (Lipinski definition) is 2. The van der Waals surface area contributed by atoms with Gasteiger partial charge in [0.15, 0.2) is 0 Å². The Morgan fingerprint density at radius 1 is 0.943 bits per heavy atom. The number of alkyl halides is 3. The third-order valence-corrected chi connectivity index (χ3v) is 5.65. The van der Waals surface area contributed by atoms with Crippen molar-refractivity contribution in [2.24, 2.45) is 0 Å². The summed E-state index contributed by atoms with van der Waals surface area (Å²) in [5.74, 6) is -1.35. The van der Waals surface area contributed by atoms with Crippen molar-refractivity contribution in [2.45, 2.75) is 32.5 Å². The van der Waals surface area contributed by atoms with Crippen molar-refractivity contribution in [3.05, 3.63) is 89.0 Å². The number of benzene rings is 3. The van der Waals surface area contributed by atoms with E-state index in [9.17, 15) is 27.6 Å². The van der Waals surface area contributed by atoms with Gasteiger partial charge in [-0.15, -0.1) is 0 Å². The van der Waals surface area contributed by atoms with Crippen LogP contribution in [0.5, 0.6) is 0 Å². The molecule has 0 aliphatic carbocycles. The first-order chi connectivity index (χ1) is 16.5. The SMILES string of the molecule is Cc1ccc(N2C(=O)CC(Nc3cccc(C(=O)Nc4cccc(C(F)(F)F)c4)c3)C2=O)c(C)c1. The van der Waals surface area contributed by atoms with Crippen molar-refractivity contribution >= 4 is 34.8 Å². The Morgan fingerprint density at radius 2 is 1.66 bits per heavy atom. The number of amides is 3. The Kier molecular flexibility index (Phi) is 6.34. The van der Waals surface area contributed by atoms with E-state index < -0.39 is 29.6 Å². The lowest BCUT2D eigenvalue weighted by Gasteiger charge is -2.18. The Hall–Kier alpha value is -4.14. The number of rotatable bonds is 5. The summed E-state index contributed by atoms with van der Waals surface area (Å²) in [7, 11) is 0. The highest BCUT2D eigenvalue weighted by Crippen LogP contribution is 2.31. The van der Waals surface area contributed by atoms with E-state index in [2.05, 4.69) is 10.6 Å². The molecule has 0 aromatic heterocycles. The minimum absolute atomic E-state index is 0.00358. The number of nitrogens with zero attached hydrogens (tertiary/aromatic N) is 1. The van der Waals surface area contributed by atoms with Crippen LogP contribution in [0.4, 0.5) is 30.2 Å². The van der Waals surface area contributed by atoms with Crippen LogP contribution in [0, 0.1) is 13.8 Å². The van der Waals surface area contributed by atoms with E-state index in [0.717, 1.165) is 28.2 Å². The fraction of sp³-hybridized carbons (Fsp3) is 0.192. The molecule has 1 aliphatic heterocycles. The molecule has 0 bridgehead atoms. The highest BCUT2D eigenvalue weighted by atomic mass is 19.4. The van der Waals surface area contributed by atoms with Crippen LogP contribution in [-0.4, -0.2) is 23.8 Å². The second-order valence-corrected chi connectivity index (χ2v) is 8.37. The minimum Gasteiger partial charge on any atom is -0.373 e. The molecule has 1 aliphatic rings. The number of imide groups is 1. The Labute approximate surface area is 199 Å². The summed E-state index contributed by atoms with van der Waals surface area (Å²) >= 11 is 0. The van der Waals surface area contributed by atoms with Crippen molar-refractivity contribution in [3.8, 4) is 0 Å². The molecule has 180 valence electrons. The van der Waals surface area contributed by atoms with E-state index in [0.29, 0.717) is 11.4 Å². The number of carbonyl (C=O) groups excluding carboxylic acids is 3. The topological polar surface area (TPSA) is 78.5 Å². The quantitative estimate of drug-likeness (QED) is 0.484. The molecule has 6 nitrogen and oxygen atoms in total. The molecule has 1 heterocycles. The fourth-order valence-corrected chi connectivity index (χ4v) is 3.98. The van der Waals surface area contributed by atoms with Gasteiger partial charge in [-0.1, -0.05) is 29.8 Å². The average Bonchev–Trinajstić information content (AvgIpc) is 3.06. The predicted octanol–water partition coefficient (Wildman–Crippen LogP) is 5.32. The summed E-state index contributed by atoms with van der Waals surface area (Å²) in [6, 6.07) is 15.2. The van der Waals surface area contributed by atoms with Crippen LogP contribution in [0.15, 0.2) is 66.7 Å². The van der Waals surface area contributed by atoms with Crippen LogP contribution in [0.1, 0.15) is 33.5 Å². The van der Waals surface area contributed by atoms with Crippen LogP contribution in [0.2, 0.25) is 0 Å². The van der Waals surface area contributed by atoms with Gasteiger partial charge in [0.05, 0.1) is 17.7 Å². The molecule has 3 aromatic carbocycles. The average molecular weight is 481 g/mol. The Bertz CT molecular complexity index is 1320. The molecule has 1 atom stereocenters. The zero-order chi connectivity index (χ0) is 25.3. The first kappa shape index (κ1) is 24.0. The highest BCUT2D eigenvalue weighted by molar-refractivity contribution is 6.23. The number of nitrogens with one attached hydrogen (secondary N) is 2. The van der Waals surface area contributed by atoms with E-state index in [1.54, 1.807) is 18.2 Å². The van der Waals surface area contributed by atoms with Gasteiger partial charge in [-0.05, 0) is 61.9 Å². The van der Waals surface area contributed by atoms with Crippen LogP contribution in [0.25, 0.3) is 0 Å². The lowest BCUT2D eigenvalue weighted by atomic mass is 10.1. The molecule has 1 fully saturated rings. The second-order valence-electron chi connectivity index (χ2n) is 8.37. The summed E-state index contributed by atoms with van der Waals surface area (Å²) in [5.41, 5.74) is 2.09. The lowest BCUT2D eigenvalue weighted by Crippen LogP contribution is -2.35. The summed E-state index contributed by atoms with van der Waals surface area (Å²) in [6.45, 7) is 3.75. The van der Waals surface area contributed by atoms with Crippen molar-refractivity contribution in [1.82, 2.24) is 0 Å². The monoisotopic (exact) mass is 481 g/mol. The Balaban J connectivity index is 1.48. The maximum atomic E-state index is 13.0. The Morgan fingerprint density at radius 3 is 2.37 bits per heavy atom. The largest absolute Gasteiger partial charge is 0.416 e. The molecule has 0 saturated carbocycles. The predicted molar refractivity (Wildman–Crippen MR) is 126 cm³/mol. The van der Waals surface area contributed by atoms with Gasteiger partial charge < -0.3 is 10.6 Å². The van der Waals surface area contributed by atoms with Gasteiger partial charge in [0.2, 0.25) is 5.91 Å². The summed E-state index contributed by atoms with van der Waals surface area (Å²) < 4.78 is 38.8. The van der Waals surface area contributed by atoms with Crippen molar-refractivity contribution in [2.75, 3.05) is 15.5 Å². The highest BCUT2D eigenvalue weighted by Gasteiger charge is 2.40. The number of halogens is 3. The van der Waals surface area contributed by atoms with E-state index in [1.165, 1.54) is 24.3 Å². The third kappa shape index (κ3) is 5.18. The molecule has 0 spiro atoms. The molecular formula is C26H22F3N3O3. The van der Waals surface area contributed by atoms with Gasteiger partial charge in [-0.25, -0.2) is 4.90 Å². The van der Waals surface area contributed by atoms with Crippen LogP contribution < -0.4 is 15.5 Å². The molecule has 1 unspecified atom stereocenters. The molecule has 2 N–H and O–H groups in total. The van der Waals surface area contributed by atoms with Crippen LogP contribution in [-0.2, 0) is 15.8 Å². The number of anilines is 3. The fourth-order valence-electron chi connectivity index (χ4n) is 3.98. The molecule has 9 heteroatoms. The normalized spacial score (nSPS) is 15.9. The number of hydrogen-bond acceptors (Lipinski definition) is 4. The minimum atomic E-state index is -4.53. The van der Waals surface area contributed by atoms with Gasteiger partial charge >= 0.3 is 6.18 Å². The number of carbonyl (C=O) groups is 3. The molecular weight excluding hydrogens is 459 g/mol. The van der Waals surface area contributed by atoms with Crippen molar-refractivity contribution in [1.29, 1.82) is 0 Å². The standard InChI is InChI=1S/C26H22F3N3O3/c1-15-9-10-22(16(2)11-15)32-23(33)14-21(25(32)35)30-19-7-3-5-17(12-19)24(34)31-20-8-4-6-18(13-20)26(27,28)29/h3-13,21,30H,14H2,1-2H3,(H,31,34). The van der Waals surface area contributed by atoms with Gasteiger partial charge in [0.25, 0.3) is 11.8 Å². The molecule has 4 rings (SSSR count).